The van der Waals surface area contributed by atoms with Gasteiger partial charge in [-0.05, 0) is 60.6 Å². The summed E-state index contributed by atoms with van der Waals surface area (Å²) < 4.78 is 22.9. The van der Waals surface area contributed by atoms with Crippen molar-refractivity contribution in [1.82, 2.24) is 0 Å². The van der Waals surface area contributed by atoms with Crippen LogP contribution < -0.4 is 4.74 Å². The molecule has 1 aromatic carbocycles. The fourth-order valence-corrected chi connectivity index (χ4v) is 3.37. The number of alkyl halides is 1. The maximum Gasteiger partial charge on any atom is 0.344 e. The van der Waals surface area contributed by atoms with Gasteiger partial charge in [0.2, 0.25) is 6.29 Å². The fourth-order valence-electron chi connectivity index (χ4n) is 2.77. The predicted molar refractivity (Wildman–Crippen MR) is 104 cm³/mol. The first-order valence-electron chi connectivity index (χ1n) is 8.52. The van der Waals surface area contributed by atoms with Gasteiger partial charge in [0.15, 0.2) is 0 Å². The van der Waals surface area contributed by atoms with Gasteiger partial charge < -0.3 is 18.9 Å². The van der Waals surface area contributed by atoms with E-state index in [1.807, 2.05) is 6.07 Å². The summed E-state index contributed by atoms with van der Waals surface area (Å²) in [6.45, 7) is 2.42. The summed E-state index contributed by atoms with van der Waals surface area (Å²) in [7, 11) is 0. The van der Waals surface area contributed by atoms with E-state index in [1.54, 1.807) is 19.1 Å². The summed E-state index contributed by atoms with van der Waals surface area (Å²) in [5.41, 5.74) is 0.386. The topological polar surface area (TPSA) is 54.0 Å². The largest absolute Gasteiger partial charge is 0.490 e. The zero-order valence-corrected chi connectivity index (χ0v) is 17.3. The minimum Gasteiger partial charge on any atom is -0.490 e. The Morgan fingerprint density at radius 1 is 1.28 bits per heavy atom. The van der Waals surface area contributed by atoms with Gasteiger partial charge in [-0.25, -0.2) is 4.79 Å². The monoisotopic (exact) mass is 482 g/mol. The first-order chi connectivity index (χ1) is 12.1. The van der Waals surface area contributed by atoms with E-state index in [2.05, 4.69) is 22.6 Å². The van der Waals surface area contributed by atoms with Crippen molar-refractivity contribution in [3.8, 4) is 5.75 Å². The van der Waals surface area contributed by atoms with Crippen molar-refractivity contribution in [2.75, 3.05) is 19.3 Å². The summed E-state index contributed by atoms with van der Waals surface area (Å²) >= 11 is 7.60. The standard InChI is InChI=1S/C18H24ClIO5/c1-13(24-15-5-3-2-4-6-15)25-18(21)16-11-14(20)7-8-17(16)23-10-9-22-12-19/h7-8,11,13,15H,2-6,9-10,12H2,1H3. The molecule has 0 heterocycles. The average molecular weight is 483 g/mol. The minimum atomic E-state index is -0.583. The second kappa shape index (κ2) is 11.2. The molecule has 7 heteroatoms. The first kappa shape index (κ1) is 20.7. The van der Waals surface area contributed by atoms with E-state index in [-0.39, 0.29) is 12.2 Å². The van der Waals surface area contributed by atoms with E-state index < -0.39 is 12.3 Å². The van der Waals surface area contributed by atoms with Gasteiger partial charge in [-0.3, -0.25) is 0 Å². The molecule has 5 nitrogen and oxygen atoms in total. The SMILES string of the molecule is CC(OC(=O)c1cc(I)ccc1OCCOCCl)OC1CCCCC1. The lowest BCUT2D eigenvalue weighted by molar-refractivity contribution is -0.137. The molecule has 1 aliphatic carbocycles. The second-order valence-electron chi connectivity index (χ2n) is 5.88. The smallest absolute Gasteiger partial charge is 0.344 e. The number of ether oxygens (including phenoxy) is 4. The Morgan fingerprint density at radius 2 is 2.04 bits per heavy atom. The Labute approximate surface area is 167 Å². The van der Waals surface area contributed by atoms with Gasteiger partial charge in [0.05, 0.1) is 12.7 Å². The third-order valence-corrected chi connectivity index (χ3v) is 4.76. The number of hydrogen-bond acceptors (Lipinski definition) is 5. The Hall–Kier alpha value is -0.570. The summed E-state index contributed by atoms with van der Waals surface area (Å²) in [6.07, 6.45) is 5.25. The van der Waals surface area contributed by atoms with Gasteiger partial charge in [-0.1, -0.05) is 30.9 Å². The number of halogens is 2. The molecule has 1 fully saturated rings. The lowest BCUT2D eigenvalue weighted by Gasteiger charge is -2.25. The van der Waals surface area contributed by atoms with Gasteiger partial charge >= 0.3 is 5.97 Å². The third-order valence-electron chi connectivity index (χ3n) is 3.93. The number of hydrogen-bond donors (Lipinski definition) is 0. The van der Waals surface area contributed by atoms with Crippen LogP contribution in [0.5, 0.6) is 5.75 Å². The molecule has 1 atom stereocenters. The molecule has 1 aromatic rings. The van der Waals surface area contributed by atoms with Gasteiger partial charge in [0.1, 0.15) is 24.0 Å². The van der Waals surface area contributed by atoms with Gasteiger partial charge in [0, 0.05) is 3.57 Å². The second-order valence-corrected chi connectivity index (χ2v) is 7.34. The van der Waals surface area contributed by atoms with Crippen molar-refractivity contribution in [3.05, 3.63) is 27.3 Å². The highest BCUT2D eigenvalue weighted by Crippen LogP contribution is 2.25. The van der Waals surface area contributed by atoms with Crippen molar-refractivity contribution in [1.29, 1.82) is 0 Å². The normalized spacial score (nSPS) is 16.4. The van der Waals surface area contributed by atoms with Crippen molar-refractivity contribution >= 4 is 40.2 Å². The van der Waals surface area contributed by atoms with Crippen molar-refractivity contribution < 1.29 is 23.7 Å². The number of carbonyl (C=O) groups excluding carboxylic acids is 1. The van der Waals surface area contributed by atoms with Gasteiger partial charge in [-0.15, -0.1) is 0 Å². The van der Waals surface area contributed by atoms with Crippen LogP contribution in [0.3, 0.4) is 0 Å². The number of benzene rings is 1. The molecule has 0 saturated heterocycles. The van der Waals surface area contributed by atoms with E-state index >= 15 is 0 Å². The van der Waals surface area contributed by atoms with Crippen LogP contribution in [0.1, 0.15) is 49.4 Å². The van der Waals surface area contributed by atoms with Crippen molar-refractivity contribution in [3.63, 3.8) is 0 Å². The highest BCUT2D eigenvalue weighted by Gasteiger charge is 2.21. The third kappa shape index (κ3) is 7.29. The number of carbonyl (C=O) groups is 1. The summed E-state index contributed by atoms with van der Waals surface area (Å²) in [5, 5.41) is 0. The van der Waals surface area contributed by atoms with E-state index in [4.69, 9.17) is 30.5 Å². The first-order valence-corrected chi connectivity index (χ1v) is 10.1. The van der Waals surface area contributed by atoms with Crippen LogP contribution >= 0.6 is 34.2 Å². The Bertz CT molecular complexity index is 548. The van der Waals surface area contributed by atoms with Crippen molar-refractivity contribution in [2.24, 2.45) is 0 Å². The fraction of sp³-hybridized carbons (Fsp3) is 0.611. The number of rotatable bonds is 9. The highest BCUT2D eigenvalue weighted by molar-refractivity contribution is 14.1. The molecule has 0 N–H and O–H groups in total. The molecule has 2 rings (SSSR count). The van der Waals surface area contributed by atoms with Crippen molar-refractivity contribution in [2.45, 2.75) is 51.4 Å². The molecule has 25 heavy (non-hydrogen) atoms. The summed E-state index contributed by atoms with van der Waals surface area (Å²) in [5.74, 6) is 0.0172. The Balaban J connectivity index is 1.93. The molecular weight excluding hydrogens is 459 g/mol. The molecule has 0 amide bonds. The average Bonchev–Trinajstić information content (AvgIpc) is 2.60. The molecular formula is C18H24ClIO5. The van der Waals surface area contributed by atoms with E-state index in [0.29, 0.717) is 24.5 Å². The van der Waals surface area contributed by atoms with Crippen LogP contribution in [-0.4, -0.2) is 37.6 Å². The lowest BCUT2D eigenvalue weighted by atomic mass is 9.98. The Morgan fingerprint density at radius 3 is 2.76 bits per heavy atom. The zero-order valence-electron chi connectivity index (χ0n) is 14.3. The zero-order chi connectivity index (χ0) is 18.1. The van der Waals surface area contributed by atoms with Crippen LogP contribution in [0, 0.1) is 3.57 Å². The van der Waals surface area contributed by atoms with Crippen LogP contribution in [-0.2, 0) is 14.2 Å². The predicted octanol–water partition coefficient (Wildman–Crippen LogP) is 4.74. The highest BCUT2D eigenvalue weighted by atomic mass is 127. The van der Waals surface area contributed by atoms with E-state index in [1.165, 1.54) is 19.3 Å². The minimum absolute atomic E-state index is 0.112. The van der Waals surface area contributed by atoms with E-state index in [9.17, 15) is 4.79 Å². The quantitative estimate of drug-likeness (QED) is 0.167. The Kier molecular flexibility index (Phi) is 9.30. The van der Waals surface area contributed by atoms with Crippen LogP contribution in [0.4, 0.5) is 0 Å². The molecule has 1 aliphatic rings. The molecule has 0 radical (unpaired) electrons. The maximum absolute atomic E-state index is 12.5. The van der Waals surface area contributed by atoms with Gasteiger partial charge in [-0.2, -0.15) is 0 Å². The molecule has 140 valence electrons. The number of esters is 1. The molecule has 0 aliphatic heterocycles. The molecule has 0 spiro atoms. The summed E-state index contributed by atoms with van der Waals surface area (Å²) in [6, 6.07) is 5.48. The molecule has 0 aromatic heterocycles. The molecule has 1 unspecified atom stereocenters. The molecule has 0 bridgehead atoms. The van der Waals surface area contributed by atoms with Gasteiger partial charge in [0.25, 0.3) is 0 Å². The van der Waals surface area contributed by atoms with Crippen LogP contribution in [0.15, 0.2) is 18.2 Å². The maximum atomic E-state index is 12.5. The molecule has 1 saturated carbocycles. The lowest BCUT2D eigenvalue weighted by Crippen LogP contribution is -2.26. The summed E-state index contributed by atoms with van der Waals surface area (Å²) in [4.78, 5) is 12.5. The van der Waals surface area contributed by atoms with Crippen LogP contribution in [0.2, 0.25) is 0 Å². The van der Waals surface area contributed by atoms with E-state index in [0.717, 1.165) is 16.4 Å². The van der Waals surface area contributed by atoms with Crippen LogP contribution in [0.25, 0.3) is 0 Å².